The molecule has 1 aromatic rings. The van der Waals surface area contributed by atoms with E-state index in [-0.39, 0.29) is 11.3 Å². The van der Waals surface area contributed by atoms with Gasteiger partial charge in [0.2, 0.25) is 5.91 Å². The average molecular weight is 203 g/mol. The first kappa shape index (κ1) is 10.2. The van der Waals surface area contributed by atoms with Crippen LogP contribution in [-0.4, -0.2) is 13.0 Å². The zero-order valence-corrected chi connectivity index (χ0v) is 9.58. The lowest BCUT2D eigenvalue weighted by Gasteiger charge is -2.25. The predicted octanol–water partition coefficient (Wildman–Crippen LogP) is 2.72. The van der Waals surface area contributed by atoms with E-state index in [4.69, 9.17) is 0 Å². The van der Waals surface area contributed by atoms with E-state index in [1.54, 1.807) is 4.90 Å². The summed E-state index contributed by atoms with van der Waals surface area (Å²) in [6, 6.07) is 8.19. The zero-order chi connectivity index (χ0) is 11.1. The Morgan fingerprint density at radius 1 is 1.27 bits per heavy atom. The summed E-state index contributed by atoms with van der Waals surface area (Å²) in [6.45, 7) is 4.41. The fourth-order valence-electron chi connectivity index (χ4n) is 2.19. The number of hydrogen-bond donors (Lipinski definition) is 0. The maximum atomic E-state index is 11.8. The molecule has 0 N–H and O–H groups in total. The molecule has 0 fully saturated rings. The first-order valence-electron chi connectivity index (χ1n) is 5.38. The highest BCUT2D eigenvalue weighted by atomic mass is 16.2. The quantitative estimate of drug-likeness (QED) is 0.635. The van der Waals surface area contributed by atoms with Crippen LogP contribution in [0.1, 0.15) is 32.3 Å². The van der Waals surface area contributed by atoms with Crippen molar-refractivity contribution in [2.24, 2.45) is 0 Å². The first-order chi connectivity index (χ1) is 7.02. The van der Waals surface area contributed by atoms with Gasteiger partial charge in [-0.2, -0.15) is 0 Å². The van der Waals surface area contributed by atoms with Gasteiger partial charge in [0.25, 0.3) is 0 Å². The van der Waals surface area contributed by atoms with Gasteiger partial charge < -0.3 is 4.90 Å². The van der Waals surface area contributed by atoms with E-state index in [0.29, 0.717) is 6.42 Å². The maximum absolute atomic E-state index is 11.8. The third kappa shape index (κ3) is 1.65. The summed E-state index contributed by atoms with van der Waals surface area (Å²) in [4.78, 5) is 13.6. The van der Waals surface area contributed by atoms with Crippen molar-refractivity contribution < 1.29 is 4.79 Å². The lowest BCUT2D eigenvalue weighted by atomic mass is 9.80. The molecule has 1 aromatic carbocycles. The molecule has 0 saturated carbocycles. The predicted molar refractivity (Wildman–Crippen MR) is 62.1 cm³/mol. The van der Waals surface area contributed by atoms with Gasteiger partial charge in [0.1, 0.15) is 0 Å². The Morgan fingerprint density at radius 3 is 2.67 bits per heavy atom. The number of carbonyl (C=O) groups excluding carboxylic acids is 1. The van der Waals surface area contributed by atoms with E-state index in [9.17, 15) is 4.79 Å². The molecule has 0 radical (unpaired) electrons. The van der Waals surface area contributed by atoms with Gasteiger partial charge in [0.15, 0.2) is 0 Å². The van der Waals surface area contributed by atoms with Crippen molar-refractivity contribution in [3.05, 3.63) is 29.8 Å². The molecule has 1 aliphatic heterocycles. The second-order valence-corrected chi connectivity index (χ2v) is 4.85. The van der Waals surface area contributed by atoms with Crippen LogP contribution in [0.4, 0.5) is 5.69 Å². The van der Waals surface area contributed by atoms with Crippen LogP contribution in [0, 0.1) is 0 Å². The Hall–Kier alpha value is -1.31. The molecule has 1 amide bonds. The molecule has 2 rings (SSSR count). The summed E-state index contributed by atoms with van der Waals surface area (Å²) < 4.78 is 0. The Kier molecular flexibility index (Phi) is 2.29. The molecule has 2 heteroatoms. The van der Waals surface area contributed by atoms with E-state index in [2.05, 4.69) is 19.9 Å². The number of rotatable bonds is 0. The number of para-hydroxylation sites is 1. The Labute approximate surface area is 90.9 Å². The smallest absolute Gasteiger partial charge is 0.226 e. The van der Waals surface area contributed by atoms with Crippen LogP contribution in [0.5, 0.6) is 0 Å². The monoisotopic (exact) mass is 203 g/mol. The number of anilines is 1. The number of amides is 1. The van der Waals surface area contributed by atoms with E-state index in [1.165, 1.54) is 5.56 Å². The first-order valence-corrected chi connectivity index (χ1v) is 5.38. The maximum Gasteiger partial charge on any atom is 0.226 e. The second-order valence-electron chi connectivity index (χ2n) is 4.85. The molecule has 2 nitrogen and oxygen atoms in total. The molecule has 0 aliphatic carbocycles. The van der Waals surface area contributed by atoms with Crippen LogP contribution in [0.15, 0.2) is 24.3 Å². The normalized spacial score (nSPS) is 19.7. The largest absolute Gasteiger partial charge is 0.315 e. The Morgan fingerprint density at radius 2 is 1.93 bits per heavy atom. The summed E-state index contributed by atoms with van der Waals surface area (Å²) >= 11 is 0. The Bertz CT molecular complexity index is 395. The van der Waals surface area contributed by atoms with Crippen molar-refractivity contribution in [1.82, 2.24) is 0 Å². The van der Waals surface area contributed by atoms with Gasteiger partial charge in [-0.15, -0.1) is 0 Å². The molecular formula is C13H17NO. The van der Waals surface area contributed by atoms with Gasteiger partial charge >= 0.3 is 0 Å². The van der Waals surface area contributed by atoms with Crippen LogP contribution in [-0.2, 0) is 10.2 Å². The van der Waals surface area contributed by atoms with E-state index in [0.717, 1.165) is 12.1 Å². The number of carbonyl (C=O) groups is 1. The van der Waals surface area contributed by atoms with E-state index >= 15 is 0 Å². The zero-order valence-electron chi connectivity index (χ0n) is 9.58. The molecule has 0 saturated heterocycles. The summed E-state index contributed by atoms with van der Waals surface area (Å²) in [5, 5.41) is 0. The summed E-state index contributed by atoms with van der Waals surface area (Å²) in [5.41, 5.74) is 2.43. The minimum absolute atomic E-state index is 0.0943. The van der Waals surface area contributed by atoms with Crippen molar-refractivity contribution >= 4 is 11.6 Å². The number of hydrogen-bond acceptors (Lipinski definition) is 1. The van der Waals surface area contributed by atoms with Gasteiger partial charge in [-0.1, -0.05) is 32.0 Å². The van der Waals surface area contributed by atoms with Crippen LogP contribution in [0.25, 0.3) is 0 Å². The molecule has 1 aliphatic rings. The highest BCUT2D eigenvalue weighted by Gasteiger charge is 2.30. The summed E-state index contributed by atoms with van der Waals surface area (Å²) in [5.74, 6) is 0.216. The number of nitrogens with zero attached hydrogens (tertiary/aromatic N) is 1. The van der Waals surface area contributed by atoms with Crippen molar-refractivity contribution in [2.45, 2.75) is 32.1 Å². The number of fused-ring (bicyclic) bond motifs is 1. The van der Waals surface area contributed by atoms with Gasteiger partial charge in [-0.25, -0.2) is 0 Å². The van der Waals surface area contributed by atoms with E-state index < -0.39 is 0 Å². The van der Waals surface area contributed by atoms with Gasteiger partial charge in [0.05, 0.1) is 0 Å². The molecule has 0 aromatic heterocycles. The lowest BCUT2D eigenvalue weighted by molar-refractivity contribution is -0.118. The third-order valence-corrected chi connectivity index (χ3v) is 3.33. The SMILES string of the molecule is CN1C(=O)CCC(C)(C)c2ccccc21. The third-order valence-electron chi connectivity index (χ3n) is 3.33. The summed E-state index contributed by atoms with van der Waals surface area (Å²) in [6.07, 6.45) is 1.56. The van der Waals surface area contributed by atoms with Crippen molar-refractivity contribution in [1.29, 1.82) is 0 Å². The molecule has 15 heavy (non-hydrogen) atoms. The van der Waals surface area contributed by atoms with Crippen LogP contribution >= 0.6 is 0 Å². The number of benzene rings is 1. The van der Waals surface area contributed by atoms with Gasteiger partial charge in [0, 0.05) is 19.2 Å². The van der Waals surface area contributed by atoms with Crippen molar-refractivity contribution in [3.8, 4) is 0 Å². The van der Waals surface area contributed by atoms with Crippen LogP contribution < -0.4 is 4.90 Å². The summed E-state index contributed by atoms with van der Waals surface area (Å²) in [7, 11) is 1.86. The highest BCUT2D eigenvalue weighted by Crippen LogP contribution is 2.38. The Balaban J connectivity index is 2.59. The molecule has 80 valence electrons. The topological polar surface area (TPSA) is 20.3 Å². The minimum Gasteiger partial charge on any atom is -0.315 e. The average Bonchev–Trinajstić information content (AvgIpc) is 2.31. The fraction of sp³-hybridized carbons (Fsp3) is 0.462. The highest BCUT2D eigenvalue weighted by molar-refractivity contribution is 5.94. The lowest BCUT2D eigenvalue weighted by Crippen LogP contribution is -2.24. The van der Waals surface area contributed by atoms with Crippen LogP contribution in [0.2, 0.25) is 0 Å². The fourth-order valence-corrected chi connectivity index (χ4v) is 2.19. The van der Waals surface area contributed by atoms with Crippen LogP contribution in [0.3, 0.4) is 0 Å². The molecule has 0 unspecified atom stereocenters. The molecule has 0 atom stereocenters. The van der Waals surface area contributed by atoms with Gasteiger partial charge in [-0.05, 0) is 23.5 Å². The van der Waals surface area contributed by atoms with E-state index in [1.807, 2.05) is 25.2 Å². The minimum atomic E-state index is 0.0943. The molecule has 0 bridgehead atoms. The molecule has 0 spiro atoms. The van der Waals surface area contributed by atoms with Crippen molar-refractivity contribution in [2.75, 3.05) is 11.9 Å². The standard InChI is InChI=1S/C13H17NO/c1-13(2)9-8-12(15)14(3)11-7-5-4-6-10(11)13/h4-7H,8-9H2,1-3H3. The van der Waals surface area contributed by atoms with Crippen molar-refractivity contribution in [3.63, 3.8) is 0 Å². The molecular weight excluding hydrogens is 186 g/mol. The molecule has 1 heterocycles. The van der Waals surface area contributed by atoms with Gasteiger partial charge in [-0.3, -0.25) is 4.79 Å². The second kappa shape index (κ2) is 3.37.